The summed E-state index contributed by atoms with van der Waals surface area (Å²) in [5.41, 5.74) is -0.689. The average molecular weight is 283 g/mol. The van der Waals surface area contributed by atoms with E-state index in [1.165, 1.54) is 6.07 Å². The van der Waals surface area contributed by atoms with E-state index in [0.717, 1.165) is 6.07 Å². The van der Waals surface area contributed by atoms with Crippen LogP contribution in [0.3, 0.4) is 0 Å². The minimum atomic E-state index is -4.51. The maximum Gasteiger partial charge on any atom is 0.417 e. The Kier molecular flexibility index (Phi) is 3.91. The van der Waals surface area contributed by atoms with Crippen LogP contribution in [0.1, 0.15) is 25.0 Å². The summed E-state index contributed by atoms with van der Waals surface area (Å²) in [5, 5.41) is 12.1. The molecule has 6 heteroatoms. The van der Waals surface area contributed by atoms with Gasteiger partial charge in [-0.25, -0.2) is 0 Å². The summed E-state index contributed by atoms with van der Waals surface area (Å²) in [5.74, 6) is 0. The first-order valence-electron chi connectivity index (χ1n) is 6.43. The second kappa shape index (κ2) is 5.33. The van der Waals surface area contributed by atoms with E-state index >= 15 is 0 Å². The van der Waals surface area contributed by atoms with Crippen LogP contribution in [-0.2, 0) is 6.18 Å². The van der Waals surface area contributed by atoms with E-state index in [1.807, 2.05) is 18.7 Å². The van der Waals surface area contributed by atoms with Crippen molar-refractivity contribution in [2.75, 3.05) is 18.0 Å². The summed E-state index contributed by atoms with van der Waals surface area (Å²) in [7, 11) is 0. The highest BCUT2D eigenvalue weighted by atomic mass is 19.4. The van der Waals surface area contributed by atoms with Crippen molar-refractivity contribution in [2.45, 2.75) is 32.1 Å². The number of rotatable bonds is 1. The summed E-state index contributed by atoms with van der Waals surface area (Å²) in [6.07, 6.45) is -4.51. The molecule has 2 rings (SSSR count). The molecule has 3 nitrogen and oxygen atoms in total. The molecule has 2 unspecified atom stereocenters. The number of halogens is 3. The van der Waals surface area contributed by atoms with E-state index in [4.69, 9.17) is 5.26 Å². The largest absolute Gasteiger partial charge is 0.417 e. The molecule has 1 aliphatic rings. The van der Waals surface area contributed by atoms with Crippen LogP contribution in [0.5, 0.6) is 0 Å². The molecular formula is C14H16F3N3. The third-order valence-electron chi connectivity index (χ3n) is 3.35. The molecule has 0 radical (unpaired) electrons. The van der Waals surface area contributed by atoms with Gasteiger partial charge >= 0.3 is 6.18 Å². The van der Waals surface area contributed by atoms with Gasteiger partial charge in [-0.1, -0.05) is 0 Å². The van der Waals surface area contributed by atoms with Gasteiger partial charge in [0.2, 0.25) is 0 Å². The highest BCUT2D eigenvalue weighted by Crippen LogP contribution is 2.34. The van der Waals surface area contributed by atoms with Crippen LogP contribution in [0.2, 0.25) is 0 Å². The number of alkyl halides is 3. The van der Waals surface area contributed by atoms with Gasteiger partial charge in [0.25, 0.3) is 0 Å². The lowest BCUT2D eigenvalue weighted by Crippen LogP contribution is -2.54. The van der Waals surface area contributed by atoms with Gasteiger partial charge in [0.15, 0.2) is 0 Å². The molecule has 1 heterocycles. The van der Waals surface area contributed by atoms with Crippen LogP contribution in [0.15, 0.2) is 18.2 Å². The van der Waals surface area contributed by atoms with Crippen molar-refractivity contribution in [3.05, 3.63) is 29.3 Å². The fourth-order valence-corrected chi connectivity index (χ4v) is 2.60. The molecule has 108 valence electrons. The van der Waals surface area contributed by atoms with E-state index in [9.17, 15) is 13.2 Å². The van der Waals surface area contributed by atoms with Crippen molar-refractivity contribution in [1.29, 1.82) is 5.26 Å². The molecule has 20 heavy (non-hydrogen) atoms. The van der Waals surface area contributed by atoms with Gasteiger partial charge in [0.05, 0.1) is 17.2 Å². The lowest BCUT2D eigenvalue weighted by molar-refractivity contribution is -0.137. The molecule has 0 saturated carbocycles. The molecule has 0 aliphatic carbocycles. The Balaban J connectivity index is 2.36. The van der Waals surface area contributed by atoms with E-state index < -0.39 is 11.7 Å². The Morgan fingerprint density at radius 1 is 1.25 bits per heavy atom. The molecule has 1 N–H and O–H groups in total. The first-order valence-corrected chi connectivity index (χ1v) is 6.43. The van der Waals surface area contributed by atoms with Gasteiger partial charge in [-0.3, -0.25) is 0 Å². The van der Waals surface area contributed by atoms with Crippen LogP contribution in [0, 0.1) is 11.3 Å². The van der Waals surface area contributed by atoms with E-state index in [2.05, 4.69) is 5.32 Å². The van der Waals surface area contributed by atoms with Crippen LogP contribution < -0.4 is 10.2 Å². The van der Waals surface area contributed by atoms with E-state index in [-0.39, 0.29) is 17.6 Å². The van der Waals surface area contributed by atoms with Crippen molar-refractivity contribution in [2.24, 2.45) is 0 Å². The van der Waals surface area contributed by atoms with E-state index in [1.54, 1.807) is 12.1 Å². The van der Waals surface area contributed by atoms with Crippen LogP contribution in [0.4, 0.5) is 18.9 Å². The maximum atomic E-state index is 13.0. The Bertz CT molecular complexity index is 523. The Labute approximate surface area is 116 Å². The molecule has 0 amide bonds. The van der Waals surface area contributed by atoms with Gasteiger partial charge in [-0.05, 0) is 32.0 Å². The number of anilines is 1. The zero-order chi connectivity index (χ0) is 14.9. The second-order valence-electron chi connectivity index (χ2n) is 5.21. The Morgan fingerprint density at radius 2 is 1.85 bits per heavy atom. The maximum absolute atomic E-state index is 13.0. The lowest BCUT2D eigenvalue weighted by atomic mass is 10.0. The average Bonchev–Trinajstić information content (AvgIpc) is 2.35. The topological polar surface area (TPSA) is 39.1 Å². The minimum absolute atomic E-state index is 0.212. The first kappa shape index (κ1) is 14.7. The Morgan fingerprint density at radius 3 is 2.35 bits per heavy atom. The first-order chi connectivity index (χ1) is 9.31. The minimum Gasteiger partial charge on any atom is -0.368 e. The number of nitrogens with one attached hydrogen (secondary N) is 1. The predicted octanol–water partition coefficient (Wildman–Crippen LogP) is 2.76. The molecule has 1 fully saturated rings. The normalized spacial score (nSPS) is 23.5. The van der Waals surface area contributed by atoms with Crippen LogP contribution >= 0.6 is 0 Å². The van der Waals surface area contributed by atoms with Crippen molar-refractivity contribution in [1.82, 2.24) is 5.32 Å². The summed E-state index contributed by atoms with van der Waals surface area (Å²) in [4.78, 5) is 1.92. The highest BCUT2D eigenvalue weighted by molar-refractivity contribution is 5.55. The fraction of sp³-hybridized carbons (Fsp3) is 0.500. The molecule has 1 aliphatic heterocycles. The molecule has 0 aromatic heterocycles. The van der Waals surface area contributed by atoms with Crippen molar-refractivity contribution < 1.29 is 13.2 Å². The van der Waals surface area contributed by atoms with Crippen molar-refractivity contribution in [3.8, 4) is 6.07 Å². The molecule has 1 aromatic carbocycles. The van der Waals surface area contributed by atoms with Gasteiger partial charge in [0, 0.05) is 30.9 Å². The summed E-state index contributed by atoms with van der Waals surface area (Å²) in [6, 6.07) is 5.92. The van der Waals surface area contributed by atoms with Gasteiger partial charge in [-0.15, -0.1) is 0 Å². The predicted molar refractivity (Wildman–Crippen MR) is 70.4 cm³/mol. The lowest BCUT2D eigenvalue weighted by Gasteiger charge is -2.38. The van der Waals surface area contributed by atoms with Crippen LogP contribution in [-0.4, -0.2) is 25.2 Å². The third kappa shape index (κ3) is 3.05. The molecular weight excluding hydrogens is 267 g/mol. The number of nitriles is 1. The van der Waals surface area contributed by atoms with Crippen molar-refractivity contribution >= 4 is 5.69 Å². The smallest absolute Gasteiger partial charge is 0.368 e. The third-order valence-corrected chi connectivity index (χ3v) is 3.35. The van der Waals surface area contributed by atoms with Crippen LogP contribution in [0.25, 0.3) is 0 Å². The standard InChI is InChI=1S/C14H16F3N3/c1-9-7-20(8-10(2)19-9)12-4-3-11(6-18)13(5-12)14(15,16)17/h3-5,9-10,19H,7-8H2,1-2H3. The zero-order valence-electron chi connectivity index (χ0n) is 11.3. The summed E-state index contributed by atoms with van der Waals surface area (Å²) in [6.45, 7) is 5.29. The van der Waals surface area contributed by atoms with Crippen molar-refractivity contribution in [3.63, 3.8) is 0 Å². The fourth-order valence-electron chi connectivity index (χ4n) is 2.60. The number of hydrogen-bond acceptors (Lipinski definition) is 3. The van der Waals surface area contributed by atoms with E-state index in [0.29, 0.717) is 18.8 Å². The summed E-state index contributed by atoms with van der Waals surface area (Å²) >= 11 is 0. The molecule has 1 aromatic rings. The number of nitrogens with zero attached hydrogens (tertiary/aromatic N) is 2. The molecule has 1 saturated heterocycles. The molecule has 0 spiro atoms. The summed E-state index contributed by atoms with van der Waals surface area (Å²) < 4.78 is 38.9. The highest BCUT2D eigenvalue weighted by Gasteiger charge is 2.34. The van der Waals surface area contributed by atoms with Gasteiger partial charge in [0.1, 0.15) is 0 Å². The van der Waals surface area contributed by atoms with Gasteiger partial charge in [-0.2, -0.15) is 18.4 Å². The number of piperazine rings is 1. The number of benzene rings is 1. The molecule has 0 bridgehead atoms. The monoisotopic (exact) mass is 283 g/mol. The quantitative estimate of drug-likeness (QED) is 0.861. The SMILES string of the molecule is CC1CN(c2ccc(C#N)c(C(F)(F)F)c2)CC(C)N1. The van der Waals surface area contributed by atoms with Gasteiger partial charge < -0.3 is 10.2 Å². The Hall–Kier alpha value is -1.74. The second-order valence-corrected chi connectivity index (χ2v) is 5.21. The number of hydrogen-bond donors (Lipinski definition) is 1. The zero-order valence-corrected chi connectivity index (χ0v) is 11.3. The molecule has 2 atom stereocenters.